The van der Waals surface area contributed by atoms with Crippen LogP contribution >= 0.6 is 11.6 Å². The number of nitrogens with one attached hydrogen (secondary N) is 2. The van der Waals surface area contributed by atoms with Gasteiger partial charge in [-0.2, -0.15) is 0 Å². The molecule has 1 fully saturated rings. The highest BCUT2D eigenvalue weighted by molar-refractivity contribution is 6.31. The molecule has 2 atom stereocenters. The van der Waals surface area contributed by atoms with Gasteiger partial charge in [-0.1, -0.05) is 50.6 Å². The third-order valence-electron chi connectivity index (χ3n) is 4.94. The Balaban J connectivity index is 1.57. The van der Waals surface area contributed by atoms with Crippen molar-refractivity contribution in [2.24, 2.45) is 11.8 Å². The minimum Gasteiger partial charge on any atom is -0.326 e. The predicted octanol–water partition coefficient (Wildman–Crippen LogP) is 5.16. The van der Waals surface area contributed by atoms with E-state index >= 15 is 0 Å². The number of anilines is 2. The van der Waals surface area contributed by atoms with E-state index in [1.807, 2.05) is 37.3 Å². The molecule has 5 heteroatoms. The summed E-state index contributed by atoms with van der Waals surface area (Å²) in [6.07, 6.45) is 0.567. The van der Waals surface area contributed by atoms with Crippen LogP contribution in [0.25, 0.3) is 0 Å². The quantitative estimate of drug-likeness (QED) is 0.764. The second-order valence-electron chi connectivity index (χ2n) is 8.21. The van der Waals surface area contributed by atoms with Gasteiger partial charge in [0.2, 0.25) is 11.8 Å². The van der Waals surface area contributed by atoms with Gasteiger partial charge in [0.1, 0.15) is 0 Å². The number of hydrogen-bond donors (Lipinski definition) is 2. The second-order valence-corrected chi connectivity index (χ2v) is 8.65. The van der Waals surface area contributed by atoms with Crippen molar-refractivity contribution in [3.63, 3.8) is 0 Å². The highest BCUT2D eigenvalue weighted by Gasteiger charge is 2.48. The lowest BCUT2D eigenvalue weighted by Crippen LogP contribution is -2.21. The van der Waals surface area contributed by atoms with Crippen molar-refractivity contribution in [3.8, 4) is 0 Å². The number of carbonyl (C=O) groups is 2. The normalized spacial score (nSPS) is 18.7. The molecule has 1 saturated carbocycles. The Morgan fingerprint density at radius 1 is 0.963 bits per heavy atom. The molecule has 142 valence electrons. The number of carbonyl (C=O) groups excluding carboxylic acids is 2. The summed E-state index contributed by atoms with van der Waals surface area (Å²) < 4.78 is 0. The number of hydrogen-bond acceptors (Lipinski definition) is 2. The number of aryl methyl sites for hydroxylation is 1. The lowest BCUT2D eigenvalue weighted by atomic mass is 9.87. The first kappa shape index (κ1) is 19.4. The highest BCUT2D eigenvalue weighted by atomic mass is 35.5. The van der Waals surface area contributed by atoms with E-state index in [2.05, 4.69) is 31.4 Å². The Hall–Kier alpha value is -2.33. The first-order valence-corrected chi connectivity index (χ1v) is 9.51. The molecule has 3 rings (SSSR count). The van der Waals surface area contributed by atoms with E-state index in [9.17, 15) is 9.59 Å². The fourth-order valence-corrected chi connectivity index (χ4v) is 3.19. The molecule has 0 radical (unpaired) electrons. The number of amides is 2. The van der Waals surface area contributed by atoms with Crippen LogP contribution < -0.4 is 10.6 Å². The zero-order valence-electron chi connectivity index (χ0n) is 16.1. The van der Waals surface area contributed by atoms with Crippen molar-refractivity contribution < 1.29 is 9.59 Å². The van der Waals surface area contributed by atoms with Gasteiger partial charge in [-0.15, -0.1) is 0 Å². The molecule has 1 aliphatic carbocycles. The minimum atomic E-state index is -0.294. The standard InChI is InChI=1S/C22H25ClN2O2/c1-13-5-8-15(23)11-19(13)25-21(27)18-12-17(18)20(26)24-16-9-6-14(7-10-16)22(2,3)4/h5-11,17-18H,12H2,1-4H3,(H,24,26)(H,25,27). The molecular weight excluding hydrogens is 360 g/mol. The average molecular weight is 385 g/mol. The largest absolute Gasteiger partial charge is 0.326 e. The molecule has 2 N–H and O–H groups in total. The monoisotopic (exact) mass is 384 g/mol. The SMILES string of the molecule is Cc1ccc(Cl)cc1NC(=O)C1CC1C(=O)Nc1ccc(C(C)(C)C)cc1. The van der Waals surface area contributed by atoms with Crippen LogP contribution in [0.5, 0.6) is 0 Å². The first-order chi connectivity index (χ1) is 12.6. The third kappa shape index (κ3) is 4.69. The average Bonchev–Trinajstić information content (AvgIpc) is 3.39. The first-order valence-electron chi connectivity index (χ1n) is 9.13. The molecule has 0 aliphatic heterocycles. The van der Waals surface area contributed by atoms with Crippen LogP contribution in [0, 0.1) is 18.8 Å². The molecule has 0 heterocycles. The van der Waals surface area contributed by atoms with Crippen molar-refractivity contribution >= 4 is 34.8 Å². The maximum absolute atomic E-state index is 12.4. The van der Waals surface area contributed by atoms with Crippen molar-refractivity contribution in [3.05, 3.63) is 58.6 Å². The Labute approximate surface area is 165 Å². The van der Waals surface area contributed by atoms with Crippen LogP contribution in [0.2, 0.25) is 5.02 Å². The van der Waals surface area contributed by atoms with Crippen LogP contribution in [-0.4, -0.2) is 11.8 Å². The molecular formula is C22H25ClN2O2. The van der Waals surface area contributed by atoms with Gasteiger partial charge in [-0.05, 0) is 54.2 Å². The highest BCUT2D eigenvalue weighted by Crippen LogP contribution is 2.40. The summed E-state index contributed by atoms with van der Waals surface area (Å²) in [5, 5.41) is 6.36. The Morgan fingerprint density at radius 3 is 2.15 bits per heavy atom. The van der Waals surface area contributed by atoms with E-state index in [4.69, 9.17) is 11.6 Å². The van der Waals surface area contributed by atoms with Crippen molar-refractivity contribution in [2.45, 2.75) is 39.5 Å². The molecule has 2 amide bonds. The van der Waals surface area contributed by atoms with Gasteiger partial charge >= 0.3 is 0 Å². The maximum atomic E-state index is 12.4. The minimum absolute atomic E-state index is 0.0701. The number of halogens is 1. The molecule has 2 aromatic rings. The molecule has 0 bridgehead atoms. The van der Waals surface area contributed by atoms with Crippen LogP contribution in [0.1, 0.15) is 38.3 Å². The van der Waals surface area contributed by atoms with Crippen LogP contribution in [-0.2, 0) is 15.0 Å². The Morgan fingerprint density at radius 2 is 1.56 bits per heavy atom. The van der Waals surface area contributed by atoms with Gasteiger partial charge in [0.25, 0.3) is 0 Å². The lowest BCUT2D eigenvalue weighted by molar-refractivity contribution is -0.122. The molecule has 0 aromatic heterocycles. The fraction of sp³-hybridized carbons (Fsp3) is 0.364. The van der Waals surface area contributed by atoms with E-state index in [0.717, 1.165) is 11.3 Å². The van der Waals surface area contributed by atoms with Gasteiger partial charge in [0, 0.05) is 16.4 Å². The van der Waals surface area contributed by atoms with E-state index in [0.29, 0.717) is 17.1 Å². The zero-order chi connectivity index (χ0) is 19.8. The van der Waals surface area contributed by atoms with Gasteiger partial charge in [-0.3, -0.25) is 9.59 Å². The van der Waals surface area contributed by atoms with E-state index in [-0.39, 0.29) is 29.1 Å². The molecule has 1 aliphatic rings. The smallest absolute Gasteiger partial charge is 0.228 e. The molecule has 4 nitrogen and oxygen atoms in total. The fourth-order valence-electron chi connectivity index (χ4n) is 3.02. The van der Waals surface area contributed by atoms with Crippen LogP contribution in [0.15, 0.2) is 42.5 Å². The van der Waals surface area contributed by atoms with Crippen LogP contribution in [0.4, 0.5) is 11.4 Å². The molecule has 27 heavy (non-hydrogen) atoms. The summed E-state index contributed by atoms with van der Waals surface area (Å²) in [6, 6.07) is 13.2. The summed E-state index contributed by atoms with van der Waals surface area (Å²) >= 11 is 5.99. The van der Waals surface area contributed by atoms with Crippen molar-refractivity contribution in [1.29, 1.82) is 0 Å². The molecule has 0 saturated heterocycles. The summed E-state index contributed by atoms with van der Waals surface area (Å²) in [7, 11) is 0. The molecule has 2 unspecified atom stereocenters. The van der Waals surface area contributed by atoms with Crippen molar-refractivity contribution in [1.82, 2.24) is 0 Å². The third-order valence-corrected chi connectivity index (χ3v) is 5.18. The number of rotatable bonds is 4. The summed E-state index contributed by atoms with van der Waals surface area (Å²) in [5.41, 5.74) is 3.66. The summed E-state index contributed by atoms with van der Waals surface area (Å²) in [4.78, 5) is 24.9. The van der Waals surface area contributed by atoms with Crippen LogP contribution in [0.3, 0.4) is 0 Å². The summed E-state index contributed by atoms with van der Waals surface area (Å²) in [5.74, 6) is -0.825. The van der Waals surface area contributed by atoms with Gasteiger partial charge in [-0.25, -0.2) is 0 Å². The van der Waals surface area contributed by atoms with E-state index < -0.39 is 0 Å². The Bertz CT molecular complexity index is 869. The zero-order valence-corrected chi connectivity index (χ0v) is 16.9. The maximum Gasteiger partial charge on any atom is 0.228 e. The Kier molecular flexibility index (Phi) is 5.29. The second kappa shape index (κ2) is 7.35. The molecule has 0 spiro atoms. The van der Waals surface area contributed by atoms with Gasteiger partial charge in [0.15, 0.2) is 0 Å². The summed E-state index contributed by atoms with van der Waals surface area (Å²) in [6.45, 7) is 8.35. The van der Waals surface area contributed by atoms with E-state index in [1.54, 1.807) is 12.1 Å². The van der Waals surface area contributed by atoms with Gasteiger partial charge in [0.05, 0.1) is 11.8 Å². The predicted molar refractivity (Wildman–Crippen MR) is 110 cm³/mol. The van der Waals surface area contributed by atoms with E-state index in [1.165, 1.54) is 5.56 Å². The number of benzene rings is 2. The van der Waals surface area contributed by atoms with Gasteiger partial charge < -0.3 is 10.6 Å². The van der Waals surface area contributed by atoms with Crippen molar-refractivity contribution in [2.75, 3.05) is 10.6 Å². The topological polar surface area (TPSA) is 58.2 Å². The molecule has 2 aromatic carbocycles. The lowest BCUT2D eigenvalue weighted by Gasteiger charge is -2.19.